The SMILES string of the molecule is C[C@@H]1CN(C(=O)OCc2ccccc2)C(=O)N1C. The molecule has 3 amide bonds. The van der Waals surface area contributed by atoms with E-state index in [0.717, 1.165) is 10.5 Å². The molecule has 0 spiro atoms. The molecule has 0 aliphatic carbocycles. The van der Waals surface area contributed by atoms with E-state index < -0.39 is 6.09 Å². The molecule has 1 aromatic carbocycles. The van der Waals surface area contributed by atoms with E-state index in [2.05, 4.69) is 0 Å². The van der Waals surface area contributed by atoms with Gasteiger partial charge in [-0.2, -0.15) is 0 Å². The fourth-order valence-corrected chi connectivity index (χ4v) is 1.79. The zero-order valence-electron chi connectivity index (χ0n) is 10.5. The molecule has 5 heteroatoms. The lowest BCUT2D eigenvalue weighted by atomic mass is 10.2. The largest absolute Gasteiger partial charge is 0.444 e. The summed E-state index contributed by atoms with van der Waals surface area (Å²) in [5, 5.41) is 0. The molecule has 1 saturated heterocycles. The lowest BCUT2D eigenvalue weighted by molar-refractivity contribution is 0.109. The van der Waals surface area contributed by atoms with E-state index in [0.29, 0.717) is 6.54 Å². The number of nitrogens with zero attached hydrogens (tertiary/aromatic N) is 2. The Labute approximate surface area is 106 Å². The molecule has 1 aromatic rings. The molecule has 2 rings (SSSR count). The van der Waals surface area contributed by atoms with E-state index in [-0.39, 0.29) is 18.7 Å². The number of carbonyl (C=O) groups is 2. The van der Waals surface area contributed by atoms with E-state index in [1.54, 1.807) is 7.05 Å². The third-order valence-corrected chi connectivity index (χ3v) is 3.07. The minimum absolute atomic E-state index is 0.0294. The van der Waals surface area contributed by atoms with Crippen molar-refractivity contribution in [3.05, 3.63) is 35.9 Å². The van der Waals surface area contributed by atoms with Crippen LogP contribution < -0.4 is 0 Å². The van der Waals surface area contributed by atoms with Crippen molar-refractivity contribution >= 4 is 12.1 Å². The first kappa shape index (κ1) is 12.4. The first-order valence-corrected chi connectivity index (χ1v) is 5.84. The van der Waals surface area contributed by atoms with Crippen LogP contribution in [-0.4, -0.2) is 41.6 Å². The number of hydrogen-bond donors (Lipinski definition) is 0. The van der Waals surface area contributed by atoms with Gasteiger partial charge in [0.2, 0.25) is 0 Å². The average molecular weight is 248 g/mol. The number of urea groups is 1. The van der Waals surface area contributed by atoms with Crippen molar-refractivity contribution in [1.82, 2.24) is 9.80 Å². The highest BCUT2D eigenvalue weighted by Gasteiger charge is 2.36. The van der Waals surface area contributed by atoms with Crippen molar-refractivity contribution in [2.24, 2.45) is 0 Å². The molecule has 0 radical (unpaired) electrons. The summed E-state index contributed by atoms with van der Waals surface area (Å²) in [5.41, 5.74) is 0.902. The lowest BCUT2D eigenvalue weighted by Crippen LogP contribution is -2.35. The van der Waals surface area contributed by atoms with E-state index in [1.807, 2.05) is 37.3 Å². The fourth-order valence-electron chi connectivity index (χ4n) is 1.79. The molecule has 1 fully saturated rings. The first-order chi connectivity index (χ1) is 8.59. The summed E-state index contributed by atoms with van der Waals surface area (Å²) in [5.74, 6) is 0. The van der Waals surface area contributed by atoms with E-state index >= 15 is 0 Å². The number of benzene rings is 1. The quantitative estimate of drug-likeness (QED) is 0.805. The normalized spacial score (nSPS) is 19.2. The van der Waals surface area contributed by atoms with Crippen molar-refractivity contribution in [1.29, 1.82) is 0 Å². The Morgan fingerprint density at radius 3 is 2.61 bits per heavy atom. The zero-order chi connectivity index (χ0) is 13.1. The Morgan fingerprint density at radius 1 is 1.39 bits per heavy atom. The molecular formula is C13H16N2O3. The Hall–Kier alpha value is -2.04. The third kappa shape index (κ3) is 2.45. The van der Waals surface area contributed by atoms with Gasteiger partial charge in [-0.05, 0) is 12.5 Å². The van der Waals surface area contributed by atoms with Crippen LogP contribution in [-0.2, 0) is 11.3 Å². The molecule has 0 unspecified atom stereocenters. The number of carbonyl (C=O) groups excluding carboxylic acids is 2. The Morgan fingerprint density at radius 2 is 2.06 bits per heavy atom. The van der Waals surface area contributed by atoms with Crippen molar-refractivity contribution in [2.45, 2.75) is 19.6 Å². The summed E-state index contributed by atoms with van der Waals surface area (Å²) in [6, 6.07) is 9.11. The van der Waals surface area contributed by atoms with E-state index in [1.165, 1.54) is 4.90 Å². The summed E-state index contributed by atoms with van der Waals surface area (Å²) in [6.07, 6.45) is -0.583. The minimum atomic E-state index is -0.583. The van der Waals surface area contributed by atoms with Crippen LogP contribution in [0.2, 0.25) is 0 Å². The molecule has 1 aliphatic rings. The van der Waals surface area contributed by atoms with Gasteiger partial charge in [0.25, 0.3) is 0 Å². The fraction of sp³-hybridized carbons (Fsp3) is 0.385. The van der Waals surface area contributed by atoms with Gasteiger partial charge in [0.05, 0.1) is 6.54 Å². The number of rotatable bonds is 2. The van der Waals surface area contributed by atoms with Gasteiger partial charge >= 0.3 is 12.1 Å². The highest BCUT2D eigenvalue weighted by atomic mass is 16.6. The topological polar surface area (TPSA) is 49.9 Å². The highest BCUT2D eigenvalue weighted by molar-refractivity contribution is 5.92. The van der Waals surface area contributed by atoms with Crippen LogP contribution in [0.3, 0.4) is 0 Å². The van der Waals surface area contributed by atoms with Gasteiger partial charge in [0.15, 0.2) is 0 Å². The van der Waals surface area contributed by atoms with Crippen molar-refractivity contribution in [3.63, 3.8) is 0 Å². The maximum absolute atomic E-state index is 11.8. The number of likely N-dealkylation sites (N-methyl/N-ethyl adjacent to an activating group) is 1. The van der Waals surface area contributed by atoms with Crippen molar-refractivity contribution in [3.8, 4) is 0 Å². The predicted molar refractivity (Wildman–Crippen MR) is 66.0 cm³/mol. The molecule has 5 nitrogen and oxygen atoms in total. The molecule has 1 heterocycles. The minimum Gasteiger partial charge on any atom is -0.444 e. The molecule has 1 atom stereocenters. The van der Waals surface area contributed by atoms with Gasteiger partial charge in [-0.25, -0.2) is 14.5 Å². The van der Waals surface area contributed by atoms with Crippen LogP contribution in [0.1, 0.15) is 12.5 Å². The van der Waals surface area contributed by atoms with Crippen LogP contribution >= 0.6 is 0 Å². The van der Waals surface area contributed by atoms with Crippen molar-refractivity contribution in [2.75, 3.05) is 13.6 Å². The molecule has 0 saturated carbocycles. The molecule has 18 heavy (non-hydrogen) atoms. The number of ether oxygens (including phenoxy) is 1. The highest BCUT2D eigenvalue weighted by Crippen LogP contribution is 2.15. The zero-order valence-corrected chi connectivity index (χ0v) is 10.5. The Bertz CT molecular complexity index is 447. The Kier molecular flexibility index (Phi) is 3.50. The van der Waals surface area contributed by atoms with Crippen LogP contribution in [0.15, 0.2) is 30.3 Å². The molecule has 1 aliphatic heterocycles. The van der Waals surface area contributed by atoms with Gasteiger partial charge in [-0.1, -0.05) is 30.3 Å². The summed E-state index contributed by atoms with van der Waals surface area (Å²) >= 11 is 0. The van der Waals surface area contributed by atoms with Gasteiger partial charge in [-0.15, -0.1) is 0 Å². The maximum Gasteiger partial charge on any atom is 0.418 e. The van der Waals surface area contributed by atoms with Crippen LogP contribution in [0, 0.1) is 0 Å². The first-order valence-electron chi connectivity index (χ1n) is 5.84. The summed E-state index contributed by atoms with van der Waals surface area (Å²) in [7, 11) is 1.68. The van der Waals surface area contributed by atoms with Crippen molar-refractivity contribution < 1.29 is 14.3 Å². The average Bonchev–Trinajstić information content (AvgIpc) is 2.65. The van der Waals surface area contributed by atoms with E-state index in [4.69, 9.17) is 4.74 Å². The van der Waals surface area contributed by atoms with E-state index in [9.17, 15) is 9.59 Å². The third-order valence-electron chi connectivity index (χ3n) is 3.07. The lowest BCUT2D eigenvalue weighted by Gasteiger charge is -2.14. The maximum atomic E-state index is 11.8. The van der Waals surface area contributed by atoms with Gasteiger partial charge < -0.3 is 9.64 Å². The predicted octanol–water partition coefficient (Wildman–Crippen LogP) is 2.08. The van der Waals surface area contributed by atoms with Crippen LogP contribution in [0.5, 0.6) is 0 Å². The number of hydrogen-bond acceptors (Lipinski definition) is 3. The summed E-state index contributed by atoms with van der Waals surface area (Å²) < 4.78 is 5.12. The molecule has 0 aromatic heterocycles. The summed E-state index contributed by atoms with van der Waals surface area (Å²) in [4.78, 5) is 26.2. The second kappa shape index (κ2) is 5.08. The smallest absolute Gasteiger partial charge is 0.418 e. The summed E-state index contributed by atoms with van der Waals surface area (Å²) in [6.45, 7) is 2.45. The molecular weight excluding hydrogens is 232 g/mol. The second-order valence-electron chi connectivity index (χ2n) is 4.39. The Balaban J connectivity index is 1.91. The molecule has 0 bridgehead atoms. The van der Waals surface area contributed by atoms with Crippen LogP contribution in [0.4, 0.5) is 9.59 Å². The number of amides is 3. The second-order valence-corrected chi connectivity index (χ2v) is 4.39. The van der Waals surface area contributed by atoms with Gasteiger partial charge in [0, 0.05) is 13.1 Å². The van der Waals surface area contributed by atoms with Gasteiger partial charge in [0.1, 0.15) is 6.61 Å². The van der Waals surface area contributed by atoms with Crippen LogP contribution in [0.25, 0.3) is 0 Å². The monoisotopic (exact) mass is 248 g/mol. The standard InChI is InChI=1S/C13H16N2O3/c1-10-8-15(12(16)14(10)2)13(17)18-9-11-6-4-3-5-7-11/h3-7,10H,8-9H2,1-2H3/t10-/m1/s1. The molecule has 96 valence electrons. The molecule has 0 N–H and O–H groups in total. The van der Waals surface area contributed by atoms with Gasteiger partial charge in [-0.3, -0.25) is 0 Å². The number of imide groups is 1.